The Morgan fingerprint density at radius 2 is 2.09 bits per heavy atom. The fourth-order valence-electron chi connectivity index (χ4n) is 0.905. The van der Waals surface area contributed by atoms with E-state index in [2.05, 4.69) is 10.1 Å². The van der Waals surface area contributed by atoms with Crippen LogP contribution in [-0.2, 0) is 0 Å². The normalized spacial score (nSPS) is 10.5. The Kier molecular flexibility index (Phi) is 1.00. The number of nitrogens with zero attached hydrogens (tertiary/aromatic N) is 3. The van der Waals surface area contributed by atoms with Crippen molar-refractivity contribution in [2.75, 3.05) is 11.5 Å². The van der Waals surface area contributed by atoms with E-state index < -0.39 is 0 Å². The summed E-state index contributed by atoms with van der Waals surface area (Å²) in [6.45, 7) is 0. The minimum Gasteiger partial charge on any atom is -0.382 e. The number of fused-ring (bicyclic) bond motifs is 1. The van der Waals surface area contributed by atoms with E-state index in [1.165, 1.54) is 4.52 Å². The van der Waals surface area contributed by atoms with E-state index in [0.717, 1.165) is 0 Å². The van der Waals surface area contributed by atoms with Gasteiger partial charge in [-0.05, 0) is 12.1 Å². The summed E-state index contributed by atoms with van der Waals surface area (Å²) in [5.41, 5.74) is 11.7. The highest BCUT2D eigenvalue weighted by Crippen LogP contribution is 2.06. The lowest BCUT2D eigenvalue weighted by Gasteiger charge is -1.94. The van der Waals surface area contributed by atoms with Crippen molar-refractivity contribution >= 4 is 17.3 Å². The molecule has 11 heavy (non-hydrogen) atoms. The molecule has 0 amide bonds. The number of anilines is 2. The lowest BCUT2D eigenvalue weighted by atomic mass is 10.5. The first-order valence-corrected chi connectivity index (χ1v) is 3.13. The van der Waals surface area contributed by atoms with E-state index in [1.807, 2.05) is 0 Å². The monoisotopic (exact) mass is 149 g/mol. The molecule has 5 nitrogen and oxygen atoms in total. The average Bonchev–Trinajstić information content (AvgIpc) is 2.33. The molecule has 0 aliphatic carbocycles. The molecule has 0 aliphatic heterocycles. The van der Waals surface area contributed by atoms with Crippen molar-refractivity contribution in [1.29, 1.82) is 0 Å². The highest BCUT2D eigenvalue weighted by atomic mass is 15.3. The van der Waals surface area contributed by atoms with Crippen molar-refractivity contribution in [3.05, 3.63) is 18.3 Å². The van der Waals surface area contributed by atoms with E-state index in [4.69, 9.17) is 11.5 Å². The molecule has 0 radical (unpaired) electrons. The van der Waals surface area contributed by atoms with Gasteiger partial charge in [0.05, 0.1) is 6.20 Å². The van der Waals surface area contributed by atoms with Crippen molar-refractivity contribution in [1.82, 2.24) is 14.6 Å². The minimum absolute atomic E-state index is 0.433. The quantitative estimate of drug-likeness (QED) is 0.547. The van der Waals surface area contributed by atoms with Crippen LogP contribution in [0, 0.1) is 0 Å². The van der Waals surface area contributed by atoms with Gasteiger partial charge in [0.25, 0.3) is 0 Å². The van der Waals surface area contributed by atoms with Crippen LogP contribution < -0.4 is 11.5 Å². The zero-order valence-electron chi connectivity index (χ0n) is 5.73. The summed E-state index contributed by atoms with van der Waals surface area (Å²) in [6.07, 6.45) is 1.54. The van der Waals surface area contributed by atoms with Gasteiger partial charge >= 0.3 is 0 Å². The molecule has 4 N–H and O–H groups in total. The highest BCUT2D eigenvalue weighted by molar-refractivity contribution is 5.48. The Morgan fingerprint density at radius 1 is 1.27 bits per heavy atom. The topological polar surface area (TPSA) is 82.2 Å². The summed E-state index contributed by atoms with van der Waals surface area (Å²) in [4.78, 5) is 3.98. The van der Waals surface area contributed by atoms with Crippen LogP contribution in [0.3, 0.4) is 0 Å². The number of rotatable bonds is 0. The molecule has 0 spiro atoms. The van der Waals surface area contributed by atoms with Crippen molar-refractivity contribution in [2.45, 2.75) is 0 Å². The molecule has 2 heterocycles. The maximum Gasteiger partial charge on any atom is 0.156 e. The Balaban J connectivity index is 2.87. The third-order valence-electron chi connectivity index (χ3n) is 1.41. The van der Waals surface area contributed by atoms with E-state index in [9.17, 15) is 0 Å². The number of aromatic nitrogens is 3. The molecule has 0 unspecified atom stereocenters. The summed E-state index contributed by atoms with van der Waals surface area (Å²) >= 11 is 0. The lowest BCUT2D eigenvalue weighted by molar-refractivity contribution is 0.956. The summed E-state index contributed by atoms with van der Waals surface area (Å²) in [5.74, 6) is 0.925. The van der Waals surface area contributed by atoms with Crippen LogP contribution in [0.2, 0.25) is 0 Å². The van der Waals surface area contributed by atoms with Crippen molar-refractivity contribution in [3.8, 4) is 0 Å². The molecule has 0 saturated heterocycles. The fourth-order valence-corrected chi connectivity index (χ4v) is 0.905. The summed E-state index contributed by atoms with van der Waals surface area (Å²) in [5, 5.41) is 3.94. The van der Waals surface area contributed by atoms with Crippen LogP contribution in [0.5, 0.6) is 0 Å². The van der Waals surface area contributed by atoms with Crippen LogP contribution >= 0.6 is 0 Å². The highest BCUT2D eigenvalue weighted by Gasteiger charge is 1.98. The molecular weight excluding hydrogens is 142 g/mol. The number of hydrogen-bond donors (Lipinski definition) is 2. The van der Waals surface area contributed by atoms with Crippen molar-refractivity contribution in [2.24, 2.45) is 0 Å². The van der Waals surface area contributed by atoms with Gasteiger partial charge in [-0.15, -0.1) is 5.10 Å². The predicted molar refractivity (Wildman–Crippen MR) is 41.8 cm³/mol. The molecule has 0 bridgehead atoms. The zero-order chi connectivity index (χ0) is 7.84. The second-order valence-corrected chi connectivity index (χ2v) is 2.21. The third kappa shape index (κ3) is 0.778. The van der Waals surface area contributed by atoms with Crippen LogP contribution in [0.4, 0.5) is 11.6 Å². The summed E-state index contributed by atoms with van der Waals surface area (Å²) in [6, 6.07) is 3.44. The Morgan fingerprint density at radius 3 is 2.91 bits per heavy atom. The van der Waals surface area contributed by atoms with Crippen LogP contribution in [0.15, 0.2) is 18.3 Å². The number of hydrogen-bond acceptors (Lipinski definition) is 4. The van der Waals surface area contributed by atoms with Gasteiger partial charge in [0, 0.05) is 0 Å². The predicted octanol–water partition coefficient (Wildman–Crippen LogP) is -0.106. The largest absolute Gasteiger partial charge is 0.382 e. The maximum atomic E-state index is 5.53. The Hall–Kier alpha value is -1.78. The zero-order valence-corrected chi connectivity index (χ0v) is 5.73. The smallest absolute Gasteiger partial charge is 0.156 e. The van der Waals surface area contributed by atoms with Gasteiger partial charge in [0.2, 0.25) is 0 Å². The maximum absolute atomic E-state index is 5.53. The molecule has 0 fully saturated rings. The van der Waals surface area contributed by atoms with Crippen LogP contribution in [-0.4, -0.2) is 14.6 Å². The van der Waals surface area contributed by atoms with Gasteiger partial charge in [0.15, 0.2) is 5.65 Å². The number of nitrogen functional groups attached to an aromatic ring is 2. The molecule has 0 saturated carbocycles. The molecule has 2 aromatic rings. The van der Waals surface area contributed by atoms with Crippen molar-refractivity contribution < 1.29 is 0 Å². The first-order chi connectivity index (χ1) is 5.27. The van der Waals surface area contributed by atoms with Gasteiger partial charge < -0.3 is 11.5 Å². The molecule has 0 aliphatic rings. The molecule has 5 heteroatoms. The summed E-state index contributed by atoms with van der Waals surface area (Å²) in [7, 11) is 0. The average molecular weight is 149 g/mol. The van der Waals surface area contributed by atoms with Gasteiger partial charge in [-0.3, -0.25) is 0 Å². The first-order valence-electron chi connectivity index (χ1n) is 3.13. The molecule has 0 atom stereocenters. The van der Waals surface area contributed by atoms with Gasteiger partial charge in [-0.1, -0.05) is 0 Å². The second-order valence-electron chi connectivity index (χ2n) is 2.21. The summed E-state index contributed by atoms with van der Waals surface area (Å²) < 4.78 is 1.50. The first kappa shape index (κ1) is 5.96. The lowest BCUT2D eigenvalue weighted by Crippen LogP contribution is -2.00. The van der Waals surface area contributed by atoms with Gasteiger partial charge in [0.1, 0.15) is 11.6 Å². The van der Waals surface area contributed by atoms with Gasteiger partial charge in [-0.25, -0.2) is 4.98 Å². The molecule has 56 valence electrons. The molecule has 2 rings (SSSR count). The minimum atomic E-state index is 0.433. The second kappa shape index (κ2) is 1.85. The number of nitrogens with two attached hydrogens (primary N) is 2. The molecule has 2 aromatic heterocycles. The standard InChI is InChI=1S/C6H7N5/c7-4-1-2-6-9-3-5(8)11(6)10-4/h1-3H,8H2,(H2,7,10). The molecule has 0 aromatic carbocycles. The van der Waals surface area contributed by atoms with Gasteiger partial charge in [-0.2, -0.15) is 4.52 Å². The van der Waals surface area contributed by atoms with E-state index >= 15 is 0 Å². The Bertz CT molecular complexity index is 391. The SMILES string of the molecule is Nc1ccc2ncc(N)n2n1. The van der Waals surface area contributed by atoms with Crippen LogP contribution in [0.25, 0.3) is 5.65 Å². The van der Waals surface area contributed by atoms with E-state index in [0.29, 0.717) is 17.3 Å². The molecular formula is C6H7N5. The van der Waals surface area contributed by atoms with Crippen molar-refractivity contribution in [3.63, 3.8) is 0 Å². The van der Waals surface area contributed by atoms with Crippen LogP contribution in [0.1, 0.15) is 0 Å². The third-order valence-corrected chi connectivity index (χ3v) is 1.41. The van der Waals surface area contributed by atoms with E-state index in [-0.39, 0.29) is 0 Å². The Labute approximate surface area is 62.6 Å². The van der Waals surface area contributed by atoms with E-state index in [1.54, 1.807) is 18.3 Å². The number of imidazole rings is 1. The fraction of sp³-hybridized carbons (Fsp3) is 0.